The van der Waals surface area contributed by atoms with E-state index in [1.807, 2.05) is 25.1 Å². The smallest absolute Gasteiger partial charge is 0.238 e. The summed E-state index contributed by atoms with van der Waals surface area (Å²) in [6, 6.07) is 9.45. The number of phenolic OH excluding ortho intramolecular Hbond substituents is 1. The summed E-state index contributed by atoms with van der Waals surface area (Å²) in [4.78, 5) is 17.0. The van der Waals surface area contributed by atoms with Crippen molar-refractivity contribution in [1.29, 1.82) is 5.26 Å². The number of phenols is 1. The van der Waals surface area contributed by atoms with E-state index in [1.54, 1.807) is 6.07 Å². The maximum absolute atomic E-state index is 12.7. The molecule has 0 aromatic heterocycles. The van der Waals surface area contributed by atoms with Gasteiger partial charge in [0.1, 0.15) is 11.3 Å². The normalized spacial score (nSPS) is 21.6. The summed E-state index contributed by atoms with van der Waals surface area (Å²) >= 11 is 0. The van der Waals surface area contributed by atoms with Gasteiger partial charge in [-0.1, -0.05) is 31.4 Å². The van der Waals surface area contributed by atoms with Crippen LogP contribution in [-0.4, -0.2) is 53.7 Å². The maximum atomic E-state index is 12.7. The zero-order valence-electron chi connectivity index (χ0n) is 15.4. The third kappa shape index (κ3) is 3.94. The van der Waals surface area contributed by atoms with Crippen LogP contribution in [0.5, 0.6) is 5.75 Å². The molecule has 1 atom stereocenters. The monoisotopic (exact) mass is 356 g/mol. The molecule has 1 aliphatic heterocycles. The molecule has 3 rings (SSSR count). The van der Waals surface area contributed by atoms with Gasteiger partial charge in [0.25, 0.3) is 0 Å². The highest BCUT2D eigenvalue weighted by molar-refractivity contribution is 5.82. The van der Waals surface area contributed by atoms with Crippen molar-refractivity contribution in [1.82, 2.24) is 10.2 Å². The molecule has 1 amide bonds. The lowest BCUT2D eigenvalue weighted by Gasteiger charge is -2.40. The number of hydrogen-bond acceptors (Lipinski definition) is 5. The first-order chi connectivity index (χ1) is 12.5. The number of carbonyl (C=O) groups excluding carboxylic acids is 1. The van der Waals surface area contributed by atoms with Crippen molar-refractivity contribution in [3.05, 3.63) is 24.3 Å². The second kappa shape index (κ2) is 7.96. The van der Waals surface area contributed by atoms with E-state index in [-0.39, 0.29) is 11.9 Å². The molecular weight excluding hydrogens is 328 g/mol. The van der Waals surface area contributed by atoms with Crippen LogP contribution >= 0.6 is 0 Å². The van der Waals surface area contributed by atoms with E-state index in [0.717, 1.165) is 64.0 Å². The fourth-order valence-electron chi connectivity index (χ4n) is 4.01. The van der Waals surface area contributed by atoms with E-state index in [9.17, 15) is 15.2 Å². The highest BCUT2D eigenvalue weighted by atomic mass is 16.3. The molecule has 1 unspecified atom stereocenters. The van der Waals surface area contributed by atoms with Crippen LogP contribution < -0.4 is 10.2 Å². The molecule has 0 bridgehead atoms. The second-order valence-corrected chi connectivity index (χ2v) is 7.43. The third-order valence-electron chi connectivity index (χ3n) is 5.75. The molecule has 26 heavy (non-hydrogen) atoms. The summed E-state index contributed by atoms with van der Waals surface area (Å²) < 4.78 is 0. The standard InChI is InChI=1S/C20H28N4O2/c1-16(19(26)22-20(15-21)9-5-2-6-10-20)23-11-13-24(14-12-23)17-7-3-4-8-18(17)25/h3-4,7-8,16,25H,2,5-6,9-14H2,1H3,(H,22,26). The van der Waals surface area contributed by atoms with Gasteiger partial charge in [-0.05, 0) is 31.9 Å². The Morgan fingerprint density at radius 1 is 1.19 bits per heavy atom. The summed E-state index contributed by atoms with van der Waals surface area (Å²) in [6.07, 6.45) is 4.65. The zero-order valence-corrected chi connectivity index (χ0v) is 15.4. The highest BCUT2D eigenvalue weighted by Gasteiger charge is 2.36. The van der Waals surface area contributed by atoms with Crippen molar-refractivity contribution >= 4 is 11.6 Å². The quantitative estimate of drug-likeness (QED) is 0.865. The van der Waals surface area contributed by atoms with E-state index < -0.39 is 5.54 Å². The molecule has 0 spiro atoms. The average Bonchev–Trinajstić information content (AvgIpc) is 2.68. The van der Waals surface area contributed by atoms with Crippen LogP contribution in [0.25, 0.3) is 0 Å². The van der Waals surface area contributed by atoms with Crippen LogP contribution in [-0.2, 0) is 4.79 Å². The van der Waals surface area contributed by atoms with Crippen LogP contribution in [0.3, 0.4) is 0 Å². The number of carbonyl (C=O) groups is 1. The summed E-state index contributed by atoms with van der Waals surface area (Å²) in [5.41, 5.74) is 0.163. The van der Waals surface area contributed by atoms with Gasteiger partial charge in [0.2, 0.25) is 5.91 Å². The predicted octanol–water partition coefficient (Wildman–Crippen LogP) is 2.25. The Bertz CT molecular complexity index is 671. The Hall–Kier alpha value is -2.26. The molecule has 0 radical (unpaired) electrons. The number of rotatable bonds is 4. The molecule has 6 heteroatoms. The Morgan fingerprint density at radius 3 is 2.46 bits per heavy atom. The van der Waals surface area contributed by atoms with Crippen molar-refractivity contribution < 1.29 is 9.90 Å². The Kier molecular flexibility index (Phi) is 5.67. The van der Waals surface area contributed by atoms with Crippen LogP contribution in [0.4, 0.5) is 5.69 Å². The summed E-state index contributed by atoms with van der Waals surface area (Å²) in [7, 11) is 0. The summed E-state index contributed by atoms with van der Waals surface area (Å²) in [5, 5.41) is 22.6. The molecular formula is C20H28N4O2. The zero-order chi connectivity index (χ0) is 18.6. The number of aromatic hydroxyl groups is 1. The highest BCUT2D eigenvalue weighted by Crippen LogP contribution is 2.29. The third-order valence-corrected chi connectivity index (χ3v) is 5.75. The number of benzene rings is 1. The number of anilines is 1. The van der Waals surface area contributed by atoms with Crippen molar-refractivity contribution in [3.8, 4) is 11.8 Å². The van der Waals surface area contributed by atoms with Crippen LogP contribution in [0.15, 0.2) is 24.3 Å². The van der Waals surface area contributed by atoms with Gasteiger partial charge in [-0.15, -0.1) is 0 Å². The lowest BCUT2D eigenvalue weighted by atomic mass is 9.82. The molecule has 6 nitrogen and oxygen atoms in total. The minimum atomic E-state index is -0.679. The van der Waals surface area contributed by atoms with Crippen LogP contribution in [0.1, 0.15) is 39.0 Å². The van der Waals surface area contributed by atoms with E-state index in [1.165, 1.54) is 0 Å². The van der Waals surface area contributed by atoms with Crippen molar-refractivity contribution in [3.63, 3.8) is 0 Å². The first-order valence-corrected chi connectivity index (χ1v) is 9.55. The minimum absolute atomic E-state index is 0.0514. The summed E-state index contributed by atoms with van der Waals surface area (Å²) in [5.74, 6) is 0.240. The van der Waals surface area contributed by atoms with E-state index in [4.69, 9.17) is 0 Å². The molecule has 2 fully saturated rings. The Labute approximate surface area is 155 Å². The van der Waals surface area contributed by atoms with E-state index in [0.29, 0.717) is 5.75 Å². The number of nitrogens with zero attached hydrogens (tertiary/aromatic N) is 3. The minimum Gasteiger partial charge on any atom is -0.506 e. The van der Waals surface area contributed by atoms with Gasteiger partial charge >= 0.3 is 0 Å². The van der Waals surface area contributed by atoms with Gasteiger partial charge in [-0.3, -0.25) is 9.69 Å². The summed E-state index contributed by atoms with van der Waals surface area (Å²) in [6.45, 7) is 4.95. The Balaban J connectivity index is 1.56. The average molecular weight is 356 g/mol. The first-order valence-electron chi connectivity index (χ1n) is 9.55. The van der Waals surface area contributed by atoms with Crippen molar-refractivity contribution in [2.24, 2.45) is 0 Å². The van der Waals surface area contributed by atoms with E-state index in [2.05, 4.69) is 21.2 Å². The molecule has 2 N–H and O–H groups in total. The fourth-order valence-corrected chi connectivity index (χ4v) is 4.01. The van der Waals surface area contributed by atoms with Crippen molar-refractivity contribution in [2.75, 3.05) is 31.1 Å². The molecule has 1 aliphatic carbocycles. The number of nitriles is 1. The second-order valence-electron chi connectivity index (χ2n) is 7.43. The lowest BCUT2D eigenvalue weighted by molar-refractivity contribution is -0.127. The molecule has 2 aliphatic rings. The first kappa shape index (κ1) is 18.5. The number of piperazine rings is 1. The fraction of sp³-hybridized carbons (Fsp3) is 0.600. The molecule has 1 aromatic rings. The Morgan fingerprint density at radius 2 is 1.85 bits per heavy atom. The topological polar surface area (TPSA) is 79.6 Å². The van der Waals surface area contributed by atoms with Gasteiger partial charge < -0.3 is 15.3 Å². The number of para-hydroxylation sites is 2. The van der Waals surface area contributed by atoms with E-state index >= 15 is 0 Å². The maximum Gasteiger partial charge on any atom is 0.238 e. The number of nitrogens with one attached hydrogen (secondary N) is 1. The molecule has 1 saturated heterocycles. The van der Waals surface area contributed by atoms with Gasteiger partial charge in [-0.25, -0.2) is 0 Å². The van der Waals surface area contributed by atoms with Crippen LogP contribution in [0, 0.1) is 11.3 Å². The van der Waals surface area contributed by atoms with Crippen LogP contribution in [0.2, 0.25) is 0 Å². The molecule has 140 valence electrons. The SMILES string of the molecule is CC(C(=O)NC1(C#N)CCCCC1)N1CCN(c2ccccc2O)CC1. The van der Waals surface area contributed by atoms with Crippen molar-refractivity contribution in [2.45, 2.75) is 50.6 Å². The molecule has 1 heterocycles. The predicted molar refractivity (Wildman–Crippen MR) is 101 cm³/mol. The largest absolute Gasteiger partial charge is 0.506 e. The van der Waals surface area contributed by atoms with Gasteiger partial charge in [0.05, 0.1) is 17.8 Å². The number of amides is 1. The molecule has 1 aromatic carbocycles. The van der Waals surface area contributed by atoms with Gasteiger partial charge in [-0.2, -0.15) is 5.26 Å². The van der Waals surface area contributed by atoms with Gasteiger partial charge in [0.15, 0.2) is 0 Å². The van der Waals surface area contributed by atoms with Gasteiger partial charge in [0, 0.05) is 26.2 Å². The lowest BCUT2D eigenvalue weighted by Crippen LogP contribution is -2.58. The number of hydrogen-bond donors (Lipinski definition) is 2. The molecule has 1 saturated carbocycles.